The Labute approximate surface area is 117 Å². The van der Waals surface area contributed by atoms with E-state index in [-0.39, 0.29) is 30.2 Å². The maximum absolute atomic E-state index is 12.6. The minimum atomic E-state index is -3.89. The summed E-state index contributed by atoms with van der Waals surface area (Å²) in [7, 11) is -3.89. The molecule has 2 rings (SSSR count). The molecule has 1 aliphatic heterocycles. The number of nitrogens with zero attached hydrogens (tertiary/aromatic N) is 2. The smallest absolute Gasteiger partial charge is 0.289 e. The number of para-hydroxylation sites is 1. The van der Waals surface area contributed by atoms with Crippen LogP contribution in [-0.2, 0) is 14.8 Å². The van der Waals surface area contributed by atoms with E-state index < -0.39 is 20.6 Å². The standard InChI is InChI=1S/C12H16N2O5S/c1-9-7-13(8-10(2)19-9)20(17,18)12-6-4-3-5-11(12)14(15)16/h3-6,9-10H,7-8H2,1-2H3/t9-,10-/m0/s1. The van der Waals surface area contributed by atoms with E-state index in [1.54, 1.807) is 13.8 Å². The van der Waals surface area contributed by atoms with Crippen molar-refractivity contribution in [2.45, 2.75) is 31.0 Å². The van der Waals surface area contributed by atoms with Crippen molar-refractivity contribution in [3.63, 3.8) is 0 Å². The van der Waals surface area contributed by atoms with Crippen LogP contribution in [0.2, 0.25) is 0 Å². The van der Waals surface area contributed by atoms with Gasteiger partial charge >= 0.3 is 0 Å². The Morgan fingerprint density at radius 1 is 1.25 bits per heavy atom. The number of nitro benzene ring substituents is 1. The lowest BCUT2D eigenvalue weighted by Crippen LogP contribution is -2.48. The Hall–Kier alpha value is -1.51. The molecule has 7 nitrogen and oxygen atoms in total. The van der Waals surface area contributed by atoms with E-state index in [1.807, 2.05) is 0 Å². The molecule has 0 radical (unpaired) electrons. The van der Waals surface area contributed by atoms with Crippen LogP contribution in [0.5, 0.6) is 0 Å². The molecule has 2 atom stereocenters. The molecule has 1 saturated heterocycles. The summed E-state index contributed by atoms with van der Waals surface area (Å²) in [5.74, 6) is 0. The molecular weight excluding hydrogens is 284 g/mol. The third kappa shape index (κ3) is 2.82. The molecular formula is C12H16N2O5S. The van der Waals surface area contributed by atoms with Gasteiger partial charge in [-0.05, 0) is 19.9 Å². The molecule has 1 aromatic carbocycles. The molecule has 0 aromatic heterocycles. The number of sulfonamides is 1. The number of morpholine rings is 1. The second kappa shape index (κ2) is 5.47. The van der Waals surface area contributed by atoms with Crippen LogP contribution in [-0.4, -0.2) is 42.9 Å². The fraction of sp³-hybridized carbons (Fsp3) is 0.500. The van der Waals surface area contributed by atoms with Crippen LogP contribution in [0.1, 0.15) is 13.8 Å². The quantitative estimate of drug-likeness (QED) is 0.621. The molecule has 0 bridgehead atoms. The Balaban J connectivity index is 2.43. The Morgan fingerprint density at radius 3 is 2.35 bits per heavy atom. The van der Waals surface area contributed by atoms with Gasteiger partial charge in [-0.3, -0.25) is 10.1 Å². The van der Waals surface area contributed by atoms with Gasteiger partial charge in [-0.25, -0.2) is 8.42 Å². The van der Waals surface area contributed by atoms with Gasteiger partial charge in [-0.15, -0.1) is 0 Å². The van der Waals surface area contributed by atoms with Crippen molar-refractivity contribution in [3.8, 4) is 0 Å². The molecule has 110 valence electrons. The summed E-state index contributed by atoms with van der Waals surface area (Å²) < 4.78 is 31.9. The topological polar surface area (TPSA) is 89.8 Å². The van der Waals surface area contributed by atoms with Crippen molar-refractivity contribution in [3.05, 3.63) is 34.4 Å². The van der Waals surface area contributed by atoms with Crippen LogP contribution in [0.3, 0.4) is 0 Å². The third-order valence-corrected chi connectivity index (χ3v) is 4.94. The van der Waals surface area contributed by atoms with Crippen molar-refractivity contribution in [2.75, 3.05) is 13.1 Å². The highest BCUT2D eigenvalue weighted by Crippen LogP contribution is 2.28. The molecule has 1 aliphatic rings. The number of ether oxygens (including phenoxy) is 1. The molecule has 1 heterocycles. The minimum absolute atomic E-state index is 0.193. The first-order valence-electron chi connectivity index (χ1n) is 6.21. The number of benzene rings is 1. The summed E-state index contributed by atoms with van der Waals surface area (Å²) in [5, 5.41) is 11.0. The van der Waals surface area contributed by atoms with Crippen LogP contribution < -0.4 is 0 Å². The van der Waals surface area contributed by atoms with Gasteiger partial charge in [0.25, 0.3) is 5.69 Å². The zero-order chi connectivity index (χ0) is 14.9. The molecule has 20 heavy (non-hydrogen) atoms. The van der Waals surface area contributed by atoms with Gasteiger partial charge in [0, 0.05) is 19.2 Å². The zero-order valence-electron chi connectivity index (χ0n) is 11.2. The van der Waals surface area contributed by atoms with Gasteiger partial charge in [0.05, 0.1) is 17.1 Å². The number of hydrogen-bond acceptors (Lipinski definition) is 5. The van der Waals surface area contributed by atoms with Gasteiger partial charge in [0.15, 0.2) is 4.90 Å². The highest BCUT2D eigenvalue weighted by Gasteiger charge is 2.35. The Bertz CT molecular complexity index is 606. The average Bonchev–Trinajstić information content (AvgIpc) is 2.37. The van der Waals surface area contributed by atoms with Gasteiger partial charge in [-0.2, -0.15) is 4.31 Å². The Morgan fingerprint density at radius 2 is 1.80 bits per heavy atom. The fourth-order valence-corrected chi connectivity index (χ4v) is 4.04. The number of rotatable bonds is 3. The largest absolute Gasteiger partial charge is 0.373 e. The highest BCUT2D eigenvalue weighted by molar-refractivity contribution is 7.89. The predicted octanol–water partition coefficient (Wildman–Crippen LogP) is 1.39. The van der Waals surface area contributed by atoms with Crippen molar-refractivity contribution in [1.82, 2.24) is 4.31 Å². The first kappa shape index (κ1) is 14.9. The summed E-state index contributed by atoms with van der Waals surface area (Å²) in [4.78, 5) is 10.0. The zero-order valence-corrected chi connectivity index (χ0v) is 12.0. The van der Waals surface area contributed by atoms with Gasteiger partial charge < -0.3 is 4.74 Å². The van der Waals surface area contributed by atoms with Crippen LogP contribution in [0.15, 0.2) is 29.2 Å². The molecule has 0 saturated carbocycles. The summed E-state index contributed by atoms with van der Waals surface area (Å²) in [6, 6.07) is 5.38. The lowest BCUT2D eigenvalue weighted by Gasteiger charge is -2.34. The van der Waals surface area contributed by atoms with Crippen molar-refractivity contribution in [2.24, 2.45) is 0 Å². The maximum atomic E-state index is 12.6. The van der Waals surface area contributed by atoms with Crippen LogP contribution >= 0.6 is 0 Å². The van der Waals surface area contributed by atoms with E-state index in [4.69, 9.17) is 4.74 Å². The fourth-order valence-electron chi connectivity index (χ4n) is 2.29. The maximum Gasteiger partial charge on any atom is 0.289 e. The van der Waals surface area contributed by atoms with Gasteiger partial charge in [0.2, 0.25) is 10.0 Å². The van der Waals surface area contributed by atoms with E-state index in [2.05, 4.69) is 0 Å². The highest BCUT2D eigenvalue weighted by atomic mass is 32.2. The number of hydrogen-bond donors (Lipinski definition) is 0. The monoisotopic (exact) mass is 300 g/mol. The summed E-state index contributed by atoms with van der Waals surface area (Å²) in [6.07, 6.45) is -0.479. The predicted molar refractivity (Wildman–Crippen MR) is 71.9 cm³/mol. The first-order chi connectivity index (χ1) is 9.32. The first-order valence-corrected chi connectivity index (χ1v) is 7.65. The van der Waals surface area contributed by atoms with Crippen molar-refractivity contribution in [1.29, 1.82) is 0 Å². The molecule has 1 aromatic rings. The third-order valence-electron chi connectivity index (χ3n) is 3.07. The van der Waals surface area contributed by atoms with E-state index in [0.717, 1.165) is 0 Å². The normalized spacial score (nSPS) is 24.5. The van der Waals surface area contributed by atoms with E-state index in [9.17, 15) is 18.5 Å². The lowest BCUT2D eigenvalue weighted by molar-refractivity contribution is -0.387. The van der Waals surface area contributed by atoms with Crippen LogP contribution in [0, 0.1) is 10.1 Å². The summed E-state index contributed by atoms with van der Waals surface area (Å²) >= 11 is 0. The molecule has 0 aliphatic carbocycles. The average molecular weight is 300 g/mol. The molecule has 0 amide bonds. The lowest BCUT2D eigenvalue weighted by atomic mass is 10.3. The molecule has 1 fully saturated rings. The SMILES string of the molecule is C[C@H]1CN(S(=O)(=O)c2ccccc2[N+](=O)[O-])C[C@H](C)O1. The summed E-state index contributed by atoms with van der Waals surface area (Å²) in [5.41, 5.74) is -0.403. The van der Waals surface area contributed by atoms with Crippen molar-refractivity contribution >= 4 is 15.7 Å². The van der Waals surface area contributed by atoms with Crippen molar-refractivity contribution < 1.29 is 18.1 Å². The second-order valence-electron chi connectivity index (χ2n) is 4.80. The van der Waals surface area contributed by atoms with E-state index in [1.165, 1.54) is 28.6 Å². The molecule has 0 N–H and O–H groups in total. The second-order valence-corrected chi connectivity index (χ2v) is 6.71. The Kier molecular flexibility index (Phi) is 4.07. The van der Waals surface area contributed by atoms with Gasteiger partial charge in [-0.1, -0.05) is 12.1 Å². The summed E-state index contributed by atoms with van der Waals surface area (Å²) in [6.45, 7) is 3.94. The van der Waals surface area contributed by atoms with E-state index in [0.29, 0.717) is 0 Å². The minimum Gasteiger partial charge on any atom is -0.373 e. The molecule has 0 spiro atoms. The molecule has 8 heteroatoms. The van der Waals surface area contributed by atoms with Crippen LogP contribution in [0.4, 0.5) is 5.69 Å². The molecule has 0 unspecified atom stereocenters. The number of nitro groups is 1. The van der Waals surface area contributed by atoms with E-state index >= 15 is 0 Å². The van der Waals surface area contributed by atoms with Crippen LogP contribution in [0.25, 0.3) is 0 Å². The van der Waals surface area contributed by atoms with Gasteiger partial charge in [0.1, 0.15) is 0 Å².